The van der Waals surface area contributed by atoms with Crippen molar-refractivity contribution in [3.8, 4) is 0 Å². The van der Waals surface area contributed by atoms with Crippen LogP contribution in [0, 0.1) is 0 Å². The van der Waals surface area contributed by atoms with E-state index in [2.05, 4.69) is 29.3 Å². The predicted molar refractivity (Wildman–Crippen MR) is 93.9 cm³/mol. The number of aromatic nitrogens is 2. The molecule has 0 bridgehead atoms. The Morgan fingerprint density at radius 1 is 1.35 bits per heavy atom. The van der Waals surface area contributed by atoms with Crippen molar-refractivity contribution in [1.29, 1.82) is 0 Å². The highest BCUT2D eigenvalue weighted by Crippen LogP contribution is 2.30. The number of hydrogen-bond donors (Lipinski definition) is 1. The molecule has 1 N–H and O–H groups in total. The van der Waals surface area contributed by atoms with Crippen molar-refractivity contribution >= 4 is 22.2 Å². The topological polar surface area (TPSA) is 49.6 Å². The predicted octanol–water partition coefficient (Wildman–Crippen LogP) is 2.71. The van der Waals surface area contributed by atoms with E-state index in [1.165, 1.54) is 38.5 Å². The number of hydrogen-bond acceptors (Lipinski definition) is 4. The molecular formula is C17H26N4OS. The van der Waals surface area contributed by atoms with E-state index in [9.17, 15) is 4.79 Å². The third kappa shape index (κ3) is 3.75. The molecule has 0 spiro atoms. The molecule has 0 aliphatic heterocycles. The van der Waals surface area contributed by atoms with Crippen molar-refractivity contribution in [2.24, 2.45) is 0 Å². The van der Waals surface area contributed by atoms with E-state index in [0.29, 0.717) is 6.42 Å². The molecule has 3 rings (SSSR count). The molecule has 0 saturated heterocycles. The quantitative estimate of drug-likeness (QED) is 0.855. The Bertz CT molecular complexity index is 624. The Morgan fingerprint density at radius 3 is 2.74 bits per heavy atom. The minimum atomic E-state index is 0.0706. The van der Waals surface area contributed by atoms with Crippen LogP contribution in [-0.4, -0.2) is 46.4 Å². The molecule has 1 amide bonds. The third-order valence-corrected chi connectivity index (χ3v) is 5.85. The highest BCUT2D eigenvalue weighted by Gasteiger charge is 2.33. The summed E-state index contributed by atoms with van der Waals surface area (Å²) in [6.45, 7) is 0.737. The van der Waals surface area contributed by atoms with Gasteiger partial charge in [0.05, 0.1) is 12.1 Å². The second-order valence-electron chi connectivity index (χ2n) is 6.81. The van der Waals surface area contributed by atoms with E-state index in [-0.39, 0.29) is 11.4 Å². The Labute approximate surface area is 141 Å². The number of imidazole rings is 1. The van der Waals surface area contributed by atoms with Crippen molar-refractivity contribution in [2.75, 3.05) is 20.6 Å². The van der Waals surface area contributed by atoms with Gasteiger partial charge in [-0.3, -0.25) is 9.20 Å². The van der Waals surface area contributed by atoms with Gasteiger partial charge < -0.3 is 10.2 Å². The molecule has 126 valence electrons. The monoisotopic (exact) mass is 334 g/mol. The zero-order valence-electron chi connectivity index (χ0n) is 14.0. The van der Waals surface area contributed by atoms with Crippen molar-refractivity contribution in [3.05, 3.63) is 23.5 Å². The molecule has 0 aromatic carbocycles. The maximum atomic E-state index is 12.3. The standard InChI is InChI=1S/C17H26N4OS/c1-20(2)17(7-5-3-4-6-8-17)13-18-15(22)11-14-12-21-9-10-23-16(21)19-14/h9-10,12H,3-8,11,13H2,1-2H3,(H,18,22). The normalized spacial score (nSPS) is 18.2. The van der Waals surface area contributed by atoms with Gasteiger partial charge in [-0.1, -0.05) is 25.7 Å². The summed E-state index contributed by atoms with van der Waals surface area (Å²) in [5.41, 5.74) is 0.954. The molecule has 1 aliphatic carbocycles. The summed E-state index contributed by atoms with van der Waals surface area (Å²) in [7, 11) is 4.28. The second-order valence-corrected chi connectivity index (χ2v) is 7.68. The highest BCUT2D eigenvalue weighted by atomic mass is 32.1. The van der Waals surface area contributed by atoms with Crippen molar-refractivity contribution in [1.82, 2.24) is 19.6 Å². The van der Waals surface area contributed by atoms with Crippen LogP contribution in [0.3, 0.4) is 0 Å². The number of thiazole rings is 1. The van der Waals surface area contributed by atoms with Crippen LogP contribution in [0.5, 0.6) is 0 Å². The molecule has 6 heteroatoms. The summed E-state index contributed by atoms with van der Waals surface area (Å²) in [5.74, 6) is 0.0706. The molecule has 0 atom stereocenters. The van der Waals surface area contributed by atoms with E-state index < -0.39 is 0 Å². The number of carbonyl (C=O) groups excluding carboxylic acids is 1. The Morgan fingerprint density at radius 2 is 2.09 bits per heavy atom. The van der Waals surface area contributed by atoms with Gasteiger partial charge in [0.15, 0.2) is 4.96 Å². The number of carbonyl (C=O) groups is 1. The fourth-order valence-corrected chi connectivity index (χ4v) is 4.24. The number of nitrogens with zero attached hydrogens (tertiary/aromatic N) is 3. The van der Waals surface area contributed by atoms with Crippen LogP contribution >= 0.6 is 11.3 Å². The van der Waals surface area contributed by atoms with Crippen LogP contribution in [0.4, 0.5) is 0 Å². The molecule has 2 heterocycles. The van der Waals surface area contributed by atoms with E-state index in [1.807, 2.05) is 22.2 Å². The maximum absolute atomic E-state index is 12.3. The molecule has 1 saturated carbocycles. The molecule has 2 aromatic heterocycles. The summed E-state index contributed by atoms with van der Waals surface area (Å²) >= 11 is 1.59. The lowest BCUT2D eigenvalue weighted by Crippen LogP contribution is -2.52. The van der Waals surface area contributed by atoms with Crippen LogP contribution in [-0.2, 0) is 11.2 Å². The summed E-state index contributed by atoms with van der Waals surface area (Å²) < 4.78 is 1.97. The summed E-state index contributed by atoms with van der Waals surface area (Å²) in [6, 6.07) is 0. The number of rotatable bonds is 5. The van der Waals surface area contributed by atoms with Gasteiger partial charge in [0, 0.05) is 29.9 Å². The smallest absolute Gasteiger partial charge is 0.226 e. The largest absolute Gasteiger partial charge is 0.354 e. The Hall–Kier alpha value is -1.40. The van der Waals surface area contributed by atoms with Gasteiger partial charge in [-0.05, 0) is 26.9 Å². The molecule has 0 radical (unpaired) electrons. The van der Waals surface area contributed by atoms with Crippen LogP contribution in [0.1, 0.15) is 44.2 Å². The molecule has 0 unspecified atom stereocenters. The number of amides is 1. The second kappa shape index (κ2) is 7.01. The fourth-order valence-electron chi connectivity index (χ4n) is 3.52. The van der Waals surface area contributed by atoms with E-state index in [0.717, 1.165) is 17.2 Å². The molecule has 1 fully saturated rings. The third-order valence-electron chi connectivity index (χ3n) is 5.08. The van der Waals surface area contributed by atoms with Crippen molar-refractivity contribution in [3.63, 3.8) is 0 Å². The van der Waals surface area contributed by atoms with Crippen LogP contribution in [0.15, 0.2) is 17.8 Å². The van der Waals surface area contributed by atoms with Crippen LogP contribution < -0.4 is 5.32 Å². The number of fused-ring (bicyclic) bond motifs is 1. The van der Waals surface area contributed by atoms with Gasteiger partial charge in [0.2, 0.25) is 5.91 Å². The van der Waals surface area contributed by atoms with Gasteiger partial charge >= 0.3 is 0 Å². The van der Waals surface area contributed by atoms with Gasteiger partial charge in [-0.2, -0.15) is 0 Å². The first-order valence-electron chi connectivity index (χ1n) is 8.44. The lowest BCUT2D eigenvalue weighted by molar-refractivity contribution is -0.121. The molecule has 2 aromatic rings. The van der Waals surface area contributed by atoms with Crippen LogP contribution in [0.2, 0.25) is 0 Å². The number of nitrogens with one attached hydrogen (secondary N) is 1. The first kappa shape index (κ1) is 16.5. The zero-order chi connectivity index (χ0) is 16.3. The zero-order valence-corrected chi connectivity index (χ0v) is 14.9. The van der Waals surface area contributed by atoms with Gasteiger partial charge in [0.25, 0.3) is 0 Å². The lowest BCUT2D eigenvalue weighted by Gasteiger charge is -2.39. The van der Waals surface area contributed by atoms with Crippen molar-refractivity contribution in [2.45, 2.75) is 50.5 Å². The van der Waals surface area contributed by atoms with Crippen LogP contribution in [0.25, 0.3) is 4.96 Å². The highest BCUT2D eigenvalue weighted by molar-refractivity contribution is 7.15. The average molecular weight is 334 g/mol. The summed E-state index contributed by atoms with van der Waals surface area (Å²) in [5, 5.41) is 5.16. The minimum absolute atomic E-state index is 0.0706. The minimum Gasteiger partial charge on any atom is -0.354 e. The van der Waals surface area contributed by atoms with Gasteiger partial charge in [0.1, 0.15) is 0 Å². The molecule has 1 aliphatic rings. The molecular weight excluding hydrogens is 308 g/mol. The fraction of sp³-hybridized carbons (Fsp3) is 0.647. The SMILES string of the molecule is CN(C)C1(CNC(=O)Cc2cn3ccsc3n2)CCCCCC1. The number of likely N-dealkylation sites (N-methyl/N-ethyl adjacent to an activating group) is 1. The van der Waals surface area contributed by atoms with Crippen molar-refractivity contribution < 1.29 is 4.79 Å². The van der Waals surface area contributed by atoms with Gasteiger partial charge in [-0.25, -0.2) is 4.98 Å². The van der Waals surface area contributed by atoms with E-state index >= 15 is 0 Å². The summed E-state index contributed by atoms with van der Waals surface area (Å²) in [6.07, 6.45) is 11.7. The first-order valence-corrected chi connectivity index (χ1v) is 9.32. The van der Waals surface area contributed by atoms with E-state index in [4.69, 9.17) is 0 Å². The molecule has 5 nitrogen and oxygen atoms in total. The maximum Gasteiger partial charge on any atom is 0.226 e. The Balaban J connectivity index is 1.59. The average Bonchev–Trinajstić information content (AvgIpc) is 2.99. The lowest BCUT2D eigenvalue weighted by atomic mass is 9.88. The Kier molecular flexibility index (Phi) is 5.02. The van der Waals surface area contributed by atoms with E-state index in [1.54, 1.807) is 11.3 Å². The summed E-state index contributed by atoms with van der Waals surface area (Å²) in [4.78, 5) is 20.1. The van der Waals surface area contributed by atoms with Gasteiger partial charge in [-0.15, -0.1) is 11.3 Å². The first-order chi connectivity index (χ1) is 11.1. The molecule has 23 heavy (non-hydrogen) atoms.